The van der Waals surface area contributed by atoms with Gasteiger partial charge >= 0.3 is 0 Å². The monoisotopic (exact) mass is 212 g/mol. The molecule has 1 aliphatic rings. The molecule has 78 valence electrons. The molecule has 2 heterocycles. The summed E-state index contributed by atoms with van der Waals surface area (Å²) in [4.78, 5) is 0. The Morgan fingerprint density at radius 1 is 1.06 bits per heavy atom. The van der Waals surface area contributed by atoms with E-state index in [0.29, 0.717) is 11.5 Å². The molecule has 0 aliphatic carbocycles. The Bertz CT molecular complexity index is 554. The van der Waals surface area contributed by atoms with Crippen molar-refractivity contribution in [3.8, 4) is 0 Å². The van der Waals surface area contributed by atoms with Gasteiger partial charge in [0.25, 0.3) is 0 Å². The Balaban J connectivity index is 2.01. The Hall–Kier alpha value is -2.50. The molecule has 1 aliphatic heterocycles. The number of tetrazole rings is 1. The first-order valence-corrected chi connectivity index (χ1v) is 4.78. The van der Waals surface area contributed by atoms with Crippen molar-refractivity contribution >= 4 is 17.5 Å². The predicted molar refractivity (Wildman–Crippen MR) is 59.8 cm³/mol. The topological polar surface area (TPSA) is 78.9 Å². The second-order valence-corrected chi connectivity index (χ2v) is 3.26. The van der Waals surface area contributed by atoms with Crippen LogP contribution < -0.4 is 5.43 Å². The highest BCUT2D eigenvalue weighted by atomic mass is 15.5. The highest BCUT2D eigenvalue weighted by molar-refractivity contribution is 6.09. The molecule has 0 radical (unpaired) electrons. The van der Waals surface area contributed by atoms with E-state index in [9.17, 15) is 0 Å². The van der Waals surface area contributed by atoms with Gasteiger partial charge in [-0.25, -0.2) is 0 Å². The van der Waals surface area contributed by atoms with E-state index in [1.807, 2.05) is 36.4 Å². The number of benzene rings is 1. The second-order valence-electron chi connectivity index (χ2n) is 3.26. The lowest BCUT2D eigenvalue weighted by atomic mass is 10.1. The number of fused-ring (bicyclic) bond motifs is 1. The third-order valence-corrected chi connectivity index (χ3v) is 2.25. The predicted octanol–water partition coefficient (Wildman–Crippen LogP) is 1.04. The zero-order valence-corrected chi connectivity index (χ0v) is 8.25. The largest absolute Gasteiger partial charge is 0.277 e. The van der Waals surface area contributed by atoms with E-state index in [2.05, 4.69) is 31.2 Å². The molecular weight excluding hydrogens is 204 g/mol. The third-order valence-electron chi connectivity index (χ3n) is 2.25. The van der Waals surface area contributed by atoms with Gasteiger partial charge in [-0.15, -0.1) is 10.2 Å². The number of aromatic amines is 1. The highest BCUT2D eigenvalue weighted by Crippen LogP contribution is 2.19. The van der Waals surface area contributed by atoms with E-state index in [0.717, 1.165) is 11.3 Å². The molecule has 0 saturated carbocycles. The fourth-order valence-electron chi connectivity index (χ4n) is 1.47. The molecule has 0 unspecified atom stereocenters. The van der Waals surface area contributed by atoms with Gasteiger partial charge in [-0.05, 0) is 22.9 Å². The van der Waals surface area contributed by atoms with Crippen LogP contribution in [0.5, 0.6) is 0 Å². The summed E-state index contributed by atoms with van der Waals surface area (Å²) in [5, 5.41) is 17.8. The van der Waals surface area contributed by atoms with Crippen molar-refractivity contribution in [2.45, 2.75) is 0 Å². The van der Waals surface area contributed by atoms with Crippen molar-refractivity contribution < 1.29 is 0 Å². The number of rotatable bonds is 1. The van der Waals surface area contributed by atoms with Crippen molar-refractivity contribution in [1.29, 1.82) is 0 Å². The van der Waals surface area contributed by atoms with Gasteiger partial charge in [0.2, 0.25) is 5.82 Å². The summed E-state index contributed by atoms with van der Waals surface area (Å²) in [5.41, 5.74) is 5.64. The van der Waals surface area contributed by atoms with Crippen LogP contribution in [0.2, 0.25) is 0 Å². The molecule has 0 fully saturated rings. The first-order valence-electron chi connectivity index (χ1n) is 4.78. The maximum Gasteiger partial charge on any atom is 0.224 e. The SMILES string of the molecule is C1=Cc2ccccc2NN=C1c1nn[nH]n1. The average molecular weight is 212 g/mol. The zero-order chi connectivity index (χ0) is 10.8. The van der Waals surface area contributed by atoms with Crippen LogP contribution in [-0.4, -0.2) is 26.3 Å². The van der Waals surface area contributed by atoms with E-state index < -0.39 is 0 Å². The number of anilines is 1. The van der Waals surface area contributed by atoms with Crippen LogP contribution in [0, 0.1) is 0 Å². The molecular formula is C10H8N6. The molecule has 0 saturated heterocycles. The lowest BCUT2D eigenvalue weighted by Gasteiger charge is -2.01. The first kappa shape index (κ1) is 8.78. The quantitative estimate of drug-likeness (QED) is 0.740. The van der Waals surface area contributed by atoms with E-state index in [1.54, 1.807) is 0 Å². The van der Waals surface area contributed by atoms with Gasteiger partial charge in [0.1, 0.15) is 5.71 Å². The van der Waals surface area contributed by atoms with Crippen molar-refractivity contribution in [1.82, 2.24) is 20.6 Å². The van der Waals surface area contributed by atoms with Crippen LogP contribution in [0.3, 0.4) is 0 Å². The summed E-state index contributed by atoms with van der Waals surface area (Å²) in [6, 6.07) is 7.90. The van der Waals surface area contributed by atoms with Gasteiger partial charge in [-0.3, -0.25) is 5.43 Å². The fraction of sp³-hybridized carbons (Fsp3) is 0. The molecule has 2 aromatic rings. The highest BCUT2D eigenvalue weighted by Gasteiger charge is 2.09. The molecule has 1 aromatic carbocycles. The van der Waals surface area contributed by atoms with Gasteiger partial charge in [-0.1, -0.05) is 24.3 Å². The van der Waals surface area contributed by atoms with Crippen LogP contribution in [0.1, 0.15) is 11.4 Å². The number of para-hydroxylation sites is 1. The van der Waals surface area contributed by atoms with Gasteiger partial charge in [0.05, 0.1) is 5.69 Å². The third kappa shape index (κ3) is 1.46. The smallest absolute Gasteiger partial charge is 0.224 e. The average Bonchev–Trinajstić information content (AvgIpc) is 2.76. The van der Waals surface area contributed by atoms with Crippen LogP contribution in [0.25, 0.3) is 6.08 Å². The van der Waals surface area contributed by atoms with Gasteiger partial charge < -0.3 is 0 Å². The van der Waals surface area contributed by atoms with Crippen molar-refractivity contribution in [2.75, 3.05) is 5.43 Å². The van der Waals surface area contributed by atoms with Crippen molar-refractivity contribution in [3.05, 3.63) is 41.7 Å². The minimum absolute atomic E-state index is 0.469. The minimum Gasteiger partial charge on any atom is -0.277 e. The van der Waals surface area contributed by atoms with E-state index in [1.165, 1.54) is 0 Å². The number of nitrogens with one attached hydrogen (secondary N) is 2. The molecule has 0 bridgehead atoms. The summed E-state index contributed by atoms with van der Waals surface area (Å²) in [6.45, 7) is 0. The zero-order valence-electron chi connectivity index (χ0n) is 8.25. The van der Waals surface area contributed by atoms with Crippen LogP contribution >= 0.6 is 0 Å². The lowest BCUT2D eigenvalue weighted by molar-refractivity contribution is 0.881. The molecule has 2 N–H and O–H groups in total. The standard InChI is InChI=1S/C10H8N6/c1-2-4-8-7(3-1)5-6-9(12-11-8)10-13-15-16-14-10/h1-6,11H,(H,13,14,15,16). The second kappa shape index (κ2) is 3.58. The minimum atomic E-state index is 0.469. The van der Waals surface area contributed by atoms with Crippen molar-refractivity contribution in [3.63, 3.8) is 0 Å². The van der Waals surface area contributed by atoms with Gasteiger partial charge in [0, 0.05) is 0 Å². The lowest BCUT2D eigenvalue weighted by Crippen LogP contribution is -2.02. The van der Waals surface area contributed by atoms with E-state index >= 15 is 0 Å². The molecule has 0 amide bonds. The maximum atomic E-state index is 4.20. The first-order chi connectivity index (χ1) is 7.93. The number of nitrogens with zero attached hydrogens (tertiary/aromatic N) is 4. The summed E-state index contributed by atoms with van der Waals surface area (Å²) in [5.74, 6) is 0.469. The van der Waals surface area contributed by atoms with E-state index in [-0.39, 0.29) is 0 Å². The maximum absolute atomic E-state index is 4.20. The summed E-state index contributed by atoms with van der Waals surface area (Å²) in [6.07, 6.45) is 3.81. The number of hydrogen-bond acceptors (Lipinski definition) is 5. The number of allylic oxidation sites excluding steroid dienone is 1. The van der Waals surface area contributed by atoms with Gasteiger partial charge in [0.15, 0.2) is 0 Å². The molecule has 1 aromatic heterocycles. The summed E-state index contributed by atoms with van der Waals surface area (Å²) in [7, 11) is 0. The molecule has 6 nitrogen and oxygen atoms in total. The molecule has 16 heavy (non-hydrogen) atoms. The number of hydrogen-bond donors (Lipinski definition) is 2. The van der Waals surface area contributed by atoms with Crippen LogP contribution in [0.15, 0.2) is 35.4 Å². The normalized spacial score (nSPS) is 13.6. The van der Waals surface area contributed by atoms with Crippen molar-refractivity contribution in [2.24, 2.45) is 5.10 Å². The van der Waals surface area contributed by atoms with Crippen LogP contribution in [-0.2, 0) is 0 Å². The number of hydrazone groups is 1. The Labute approximate surface area is 91.1 Å². The summed E-state index contributed by atoms with van der Waals surface area (Å²) >= 11 is 0. The molecule has 3 rings (SSSR count). The van der Waals surface area contributed by atoms with Gasteiger partial charge in [-0.2, -0.15) is 10.3 Å². The number of H-pyrrole nitrogens is 1. The Morgan fingerprint density at radius 2 is 2.00 bits per heavy atom. The number of aromatic nitrogens is 4. The van der Waals surface area contributed by atoms with Crippen LogP contribution in [0.4, 0.5) is 5.69 Å². The molecule has 0 spiro atoms. The Kier molecular flexibility index (Phi) is 1.96. The van der Waals surface area contributed by atoms with E-state index in [4.69, 9.17) is 0 Å². The summed E-state index contributed by atoms with van der Waals surface area (Å²) < 4.78 is 0. The molecule has 0 atom stereocenters. The Morgan fingerprint density at radius 3 is 2.88 bits per heavy atom. The molecule has 6 heteroatoms. The fourth-order valence-corrected chi connectivity index (χ4v) is 1.47.